The summed E-state index contributed by atoms with van der Waals surface area (Å²) in [6.07, 6.45) is 1.48. The Morgan fingerprint density at radius 3 is 2.35 bits per heavy atom. The normalized spacial score (nSPS) is 25.2. The van der Waals surface area contributed by atoms with Gasteiger partial charge in [-0.05, 0) is 23.3 Å². The molecule has 1 aliphatic carbocycles. The fraction of sp³-hybridized carbons (Fsp3) is 0.294. The second kappa shape index (κ2) is 5.68. The molecule has 2 aromatic rings. The molecule has 1 saturated carbocycles. The van der Waals surface area contributed by atoms with Crippen molar-refractivity contribution in [1.29, 1.82) is 0 Å². The van der Waals surface area contributed by atoms with Gasteiger partial charge in [-0.25, -0.2) is 0 Å². The van der Waals surface area contributed by atoms with Crippen LogP contribution < -0.4 is 0 Å². The van der Waals surface area contributed by atoms with Crippen molar-refractivity contribution < 1.29 is 9.84 Å². The Kier molecular flexibility index (Phi) is 3.92. The van der Waals surface area contributed by atoms with E-state index in [4.69, 9.17) is 4.74 Å². The Labute approximate surface area is 127 Å². The molecule has 0 aliphatic heterocycles. The van der Waals surface area contributed by atoms with Crippen LogP contribution in [0.25, 0.3) is 0 Å². The van der Waals surface area contributed by atoms with Crippen LogP contribution in [0.4, 0.5) is 0 Å². The standard InChI is InChI=1S/C17H17BrO2/c18-15-8-6-14(7-9-15)17(19)10-16(11-17)20-12-13-4-2-1-3-5-13/h1-9,16,19H,10-12H2. The molecule has 0 amide bonds. The summed E-state index contributed by atoms with van der Waals surface area (Å²) >= 11 is 3.41. The first-order valence-electron chi connectivity index (χ1n) is 6.80. The van der Waals surface area contributed by atoms with E-state index in [-0.39, 0.29) is 6.10 Å². The van der Waals surface area contributed by atoms with Crippen LogP contribution in [0.3, 0.4) is 0 Å². The minimum Gasteiger partial charge on any atom is -0.385 e. The summed E-state index contributed by atoms with van der Waals surface area (Å²) in [5.41, 5.74) is 1.43. The molecule has 104 valence electrons. The van der Waals surface area contributed by atoms with Gasteiger partial charge in [0.2, 0.25) is 0 Å². The molecule has 0 heterocycles. The van der Waals surface area contributed by atoms with Gasteiger partial charge in [0.15, 0.2) is 0 Å². The lowest BCUT2D eigenvalue weighted by atomic mass is 9.73. The largest absolute Gasteiger partial charge is 0.385 e. The Morgan fingerprint density at radius 1 is 1.05 bits per heavy atom. The summed E-state index contributed by atoms with van der Waals surface area (Å²) in [4.78, 5) is 0. The maximum atomic E-state index is 10.5. The van der Waals surface area contributed by atoms with E-state index >= 15 is 0 Å². The number of benzene rings is 2. The number of aliphatic hydroxyl groups is 1. The number of hydrogen-bond acceptors (Lipinski definition) is 2. The van der Waals surface area contributed by atoms with Crippen LogP contribution in [0.2, 0.25) is 0 Å². The van der Waals surface area contributed by atoms with Gasteiger partial charge < -0.3 is 9.84 Å². The summed E-state index contributed by atoms with van der Waals surface area (Å²) in [5, 5.41) is 10.5. The van der Waals surface area contributed by atoms with Crippen molar-refractivity contribution in [1.82, 2.24) is 0 Å². The van der Waals surface area contributed by atoms with Crippen molar-refractivity contribution in [3.8, 4) is 0 Å². The van der Waals surface area contributed by atoms with Crippen molar-refractivity contribution in [2.45, 2.75) is 31.2 Å². The number of rotatable bonds is 4. The predicted molar refractivity (Wildman–Crippen MR) is 82.3 cm³/mol. The predicted octanol–water partition coefficient (Wildman–Crippen LogP) is 4.02. The average Bonchev–Trinajstić information content (AvgIpc) is 2.44. The lowest BCUT2D eigenvalue weighted by molar-refractivity contribution is -0.149. The van der Waals surface area contributed by atoms with E-state index in [0.29, 0.717) is 19.4 Å². The molecule has 3 heteroatoms. The van der Waals surface area contributed by atoms with E-state index in [1.54, 1.807) is 0 Å². The maximum Gasteiger partial charge on any atom is 0.0946 e. The summed E-state index contributed by atoms with van der Waals surface area (Å²) < 4.78 is 6.86. The number of ether oxygens (including phenoxy) is 1. The van der Waals surface area contributed by atoms with Crippen LogP contribution in [0, 0.1) is 0 Å². The smallest absolute Gasteiger partial charge is 0.0946 e. The van der Waals surface area contributed by atoms with Crippen LogP contribution in [0.15, 0.2) is 59.1 Å². The van der Waals surface area contributed by atoms with Gasteiger partial charge in [-0.3, -0.25) is 0 Å². The molecular weight excluding hydrogens is 316 g/mol. The van der Waals surface area contributed by atoms with E-state index in [9.17, 15) is 5.11 Å². The summed E-state index contributed by atoms with van der Waals surface area (Å²) in [5.74, 6) is 0. The number of halogens is 1. The Balaban J connectivity index is 1.54. The SMILES string of the molecule is OC1(c2ccc(Br)cc2)CC(OCc2ccccc2)C1. The van der Waals surface area contributed by atoms with E-state index in [2.05, 4.69) is 28.1 Å². The molecule has 0 spiro atoms. The quantitative estimate of drug-likeness (QED) is 0.916. The minimum atomic E-state index is -0.720. The van der Waals surface area contributed by atoms with Gasteiger partial charge in [-0.2, -0.15) is 0 Å². The molecule has 0 bridgehead atoms. The van der Waals surface area contributed by atoms with Crippen LogP contribution in [-0.2, 0) is 16.9 Å². The van der Waals surface area contributed by atoms with Crippen LogP contribution in [0.5, 0.6) is 0 Å². The van der Waals surface area contributed by atoms with Crippen molar-refractivity contribution in [3.63, 3.8) is 0 Å². The molecule has 0 aromatic heterocycles. The Morgan fingerprint density at radius 2 is 1.70 bits per heavy atom. The summed E-state index contributed by atoms with van der Waals surface area (Å²) in [6, 6.07) is 18.0. The van der Waals surface area contributed by atoms with Gasteiger partial charge in [0, 0.05) is 17.3 Å². The van der Waals surface area contributed by atoms with E-state index in [1.165, 1.54) is 5.56 Å². The molecule has 2 aromatic carbocycles. The van der Waals surface area contributed by atoms with Crippen LogP contribution in [-0.4, -0.2) is 11.2 Å². The maximum absolute atomic E-state index is 10.5. The van der Waals surface area contributed by atoms with E-state index < -0.39 is 5.60 Å². The Hall–Kier alpha value is -1.16. The molecule has 0 saturated heterocycles. The third-order valence-corrected chi connectivity index (χ3v) is 4.37. The highest BCUT2D eigenvalue weighted by atomic mass is 79.9. The van der Waals surface area contributed by atoms with Crippen molar-refractivity contribution in [2.24, 2.45) is 0 Å². The van der Waals surface area contributed by atoms with Gasteiger partial charge in [0.05, 0.1) is 18.3 Å². The van der Waals surface area contributed by atoms with E-state index in [1.807, 2.05) is 42.5 Å². The molecule has 0 unspecified atom stereocenters. The molecule has 1 aliphatic rings. The van der Waals surface area contributed by atoms with Gasteiger partial charge in [0.1, 0.15) is 0 Å². The molecular formula is C17H17BrO2. The fourth-order valence-corrected chi connectivity index (χ4v) is 2.86. The van der Waals surface area contributed by atoms with Gasteiger partial charge >= 0.3 is 0 Å². The first-order chi connectivity index (χ1) is 9.66. The molecule has 1 N–H and O–H groups in total. The average molecular weight is 333 g/mol. The second-order valence-electron chi connectivity index (χ2n) is 5.37. The zero-order chi connectivity index (χ0) is 14.0. The van der Waals surface area contributed by atoms with Crippen molar-refractivity contribution in [2.75, 3.05) is 0 Å². The number of hydrogen-bond donors (Lipinski definition) is 1. The van der Waals surface area contributed by atoms with Gasteiger partial charge in [-0.15, -0.1) is 0 Å². The minimum absolute atomic E-state index is 0.142. The third kappa shape index (κ3) is 2.95. The highest BCUT2D eigenvalue weighted by Gasteiger charge is 2.44. The Bertz CT molecular complexity index is 559. The van der Waals surface area contributed by atoms with Crippen molar-refractivity contribution in [3.05, 3.63) is 70.2 Å². The molecule has 0 atom stereocenters. The van der Waals surface area contributed by atoms with Crippen LogP contribution in [0.1, 0.15) is 24.0 Å². The lowest BCUT2D eigenvalue weighted by Crippen LogP contribution is -2.45. The van der Waals surface area contributed by atoms with Crippen LogP contribution >= 0.6 is 15.9 Å². The highest BCUT2D eigenvalue weighted by molar-refractivity contribution is 9.10. The zero-order valence-corrected chi connectivity index (χ0v) is 12.7. The topological polar surface area (TPSA) is 29.5 Å². The highest BCUT2D eigenvalue weighted by Crippen LogP contribution is 2.43. The summed E-state index contributed by atoms with van der Waals surface area (Å²) in [7, 11) is 0. The molecule has 20 heavy (non-hydrogen) atoms. The van der Waals surface area contributed by atoms with Crippen molar-refractivity contribution >= 4 is 15.9 Å². The first-order valence-corrected chi connectivity index (χ1v) is 7.59. The first kappa shape index (κ1) is 13.8. The molecule has 3 rings (SSSR count). The third-order valence-electron chi connectivity index (χ3n) is 3.84. The monoisotopic (exact) mass is 332 g/mol. The molecule has 1 fully saturated rings. The molecule has 0 radical (unpaired) electrons. The van der Waals surface area contributed by atoms with E-state index in [0.717, 1.165) is 10.0 Å². The fourth-order valence-electron chi connectivity index (χ4n) is 2.60. The summed E-state index contributed by atoms with van der Waals surface area (Å²) in [6.45, 7) is 0.613. The van der Waals surface area contributed by atoms with Gasteiger partial charge in [-0.1, -0.05) is 58.4 Å². The zero-order valence-electron chi connectivity index (χ0n) is 11.1. The lowest BCUT2D eigenvalue weighted by Gasteiger charge is -2.43. The molecule has 2 nitrogen and oxygen atoms in total. The second-order valence-corrected chi connectivity index (χ2v) is 6.28. The van der Waals surface area contributed by atoms with Gasteiger partial charge in [0.25, 0.3) is 0 Å².